The lowest BCUT2D eigenvalue weighted by Crippen LogP contribution is -2.54. The Balaban J connectivity index is 1.22. The van der Waals surface area contributed by atoms with E-state index in [0.29, 0.717) is 0 Å². The Morgan fingerprint density at radius 3 is 2.48 bits per heavy atom. The number of hydrogen-bond acceptors (Lipinski definition) is 4. The van der Waals surface area contributed by atoms with Crippen molar-refractivity contribution in [1.82, 2.24) is 15.4 Å². The second-order valence-electron chi connectivity index (χ2n) is 9.49. The Morgan fingerprint density at radius 1 is 1.22 bits per heavy atom. The number of carbonyl (C=O) groups excluding carboxylic acids is 2. The van der Waals surface area contributed by atoms with Crippen molar-refractivity contribution < 1.29 is 14.1 Å². The summed E-state index contributed by atoms with van der Waals surface area (Å²) >= 11 is 0. The summed E-state index contributed by atoms with van der Waals surface area (Å²) in [6, 6.07) is 1.89. The molecule has 146 valence electrons. The predicted molar refractivity (Wildman–Crippen MR) is 98.5 cm³/mol. The Morgan fingerprint density at radius 2 is 1.89 bits per heavy atom. The van der Waals surface area contributed by atoms with Crippen LogP contribution in [0.5, 0.6) is 0 Å². The van der Waals surface area contributed by atoms with Gasteiger partial charge in [0.1, 0.15) is 11.5 Å². The van der Waals surface area contributed by atoms with Crippen LogP contribution >= 0.6 is 0 Å². The maximum atomic E-state index is 13.1. The van der Waals surface area contributed by atoms with Crippen molar-refractivity contribution in [2.75, 3.05) is 13.1 Å². The molecule has 6 rings (SSSR count). The van der Waals surface area contributed by atoms with Crippen molar-refractivity contribution in [3.63, 3.8) is 0 Å². The Kier molecular flexibility index (Phi) is 4.06. The number of carbonyl (C=O) groups is 2. The highest BCUT2D eigenvalue weighted by Crippen LogP contribution is 2.60. The largest absolute Gasteiger partial charge is 0.361 e. The fourth-order valence-electron chi connectivity index (χ4n) is 6.75. The van der Waals surface area contributed by atoms with Crippen molar-refractivity contribution in [3.05, 3.63) is 17.5 Å². The number of hydrogen-bond donors (Lipinski definition) is 1. The average molecular weight is 371 g/mol. The van der Waals surface area contributed by atoms with E-state index in [1.54, 1.807) is 0 Å². The maximum Gasteiger partial charge on any atom is 0.242 e. The van der Waals surface area contributed by atoms with Crippen molar-refractivity contribution in [1.29, 1.82) is 0 Å². The molecule has 5 aliphatic rings. The van der Waals surface area contributed by atoms with Gasteiger partial charge in [-0.15, -0.1) is 0 Å². The Labute approximate surface area is 160 Å². The van der Waals surface area contributed by atoms with Gasteiger partial charge in [0.2, 0.25) is 11.8 Å². The fourth-order valence-corrected chi connectivity index (χ4v) is 6.75. The molecule has 1 N–H and O–H groups in total. The molecule has 1 unspecified atom stereocenters. The topological polar surface area (TPSA) is 75.4 Å². The van der Waals surface area contributed by atoms with Gasteiger partial charge in [-0.3, -0.25) is 9.59 Å². The third kappa shape index (κ3) is 2.97. The number of nitrogens with zero attached hydrogens (tertiary/aromatic N) is 2. The van der Waals surface area contributed by atoms with E-state index in [4.69, 9.17) is 4.52 Å². The molecule has 1 atom stereocenters. The highest BCUT2D eigenvalue weighted by atomic mass is 16.5. The second kappa shape index (κ2) is 6.35. The SMILES string of the molecule is Cc1cc(C2CCCN2C(=O)CNC(=O)C23CC4CC(CC(C4)C2)C3)no1. The van der Waals surface area contributed by atoms with Crippen LogP contribution in [0.2, 0.25) is 0 Å². The van der Waals surface area contributed by atoms with Gasteiger partial charge < -0.3 is 14.7 Å². The van der Waals surface area contributed by atoms with Crippen LogP contribution in [-0.4, -0.2) is 35.0 Å². The highest BCUT2D eigenvalue weighted by molar-refractivity contribution is 5.88. The van der Waals surface area contributed by atoms with E-state index in [-0.39, 0.29) is 29.8 Å². The minimum Gasteiger partial charge on any atom is -0.361 e. The molecular formula is C21H29N3O3. The van der Waals surface area contributed by atoms with Gasteiger partial charge in [0.25, 0.3) is 0 Å². The summed E-state index contributed by atoms with van der Waals surface area (Å²) in [5.74, 6) is 3.09. The van der Waals surface area contributed by atoms with Crippen LogP contribution in [0.4, 0.5) is 0 Å². The van der Waals surface area contributed by atoms with Crippen molar-refractivity contribution in [3.8, 4) is 0 Å². The van der Waals surface area contributed by atoms with E-state index in [2.05, 4.69) is 10.5 Å². The summed E-state index contributed by atoms with van der Waals surface area (Å²) in [4.78, 5) is 27.7. The lowest BCUT2D eigenvalue weighted by atomic mass is 9.49. The van der Waals surface area contributed by atoms with Crippen LogP contribution in [0.15, 0.2) is 10.6 Å². The number of aromatic nitrogens is 1. The summed E-state index contributed by atoms with van der Waals surface area (Å²) in [7, 11) is 0. The standard InChI is InChI=1S/C21H29N3O3/c1-13-5-17(23-27-13)18-3-2-4-24(18)19(25)12-22-20(26)21-9-14-6-15(10-21)8-16(7-14)11-21/h5,14-16,18H,2-4,6-12H2,1H3,(H,22,26). The number of likely N-dealkylation sites (tertiary alicyclic amines) is 1. The van der Waals surface area contributed by atoms with Crippen molar-refractivity contribution >= 4 is 11.8 Å². The first kappa shape index (κ1) is 17.3. The first-order valence-corrected chi connectivity index (χ1v) is 10.5. The van der Waals surface area contributed by atoms with Crippen LogP contribution < -0.4 is 5.32 Å². The second-order valence-corrected chi connectivity index (χ2v) is 9.49. The molecule has 4 bridgehead atoms. The summed E-state index contributed by atoms with van der Waals surface area (Å²) in [6.45, 7) is 2.69. The van der Waals surface area contributed by atoms with Gasteiger partial charge in [-0.2, -0.15) is 0 Å². The first-order chi connectivity index (χ1) is 13.0. The molecule has 1 aromatic heterocycles. The molecule has 1 saturated heterocycles. The number of amides is 2. The number of aryl methyl sites for hydroxylation is 1. The molecule has 0 radical (unpaired) electrons. The smallest absolute Gasteiger partial charge is 0.242 e. The van der Waals surface area contributed by atoms with Gasteiger partial charge in [0, 0.05) is 18.0 Å². The Hall–Kier alpha value is -1.85. The van der Waals surface area contributed by atoms with Gasteiger partial charge in [-0.1, -0.05) is 5.16 Å². The van der Waals surface area contributed by atoms with Gasteiger partial charge in [0.15, 0.2) is 0 Å². The minimum absolute atomic E-state index is 0.00349. The van der Waals surface area contributed by atoms with Gasteiger partial charge in [0.05, 0.1) is 12.6 Å². The molecule has 0 aromatic carbocycles. The van der Waals surface area contributed by atoms with E-state index >= 15 is 0 Å². The lowest BCUT2D eigenvalue weighted by molar-refractivity contribution is -0.148. The van der Waals surface area contributed by atoms with Gasteiger partial charge in [-0.25, -0.2) is 0 Å². The van der Waals surface area contributed by atoms with E-state index in [9.17, 15) is 9.59 Å². The Bertz CT molecular complexity index is 720. The van der Waals surface area contributed by atoms with Crippen LogP contribution in [-0.2, 0) is 9.59 Å². The monoisotopic (exact) mass is 371 g/mol. The summed E-state index contributed by atoms with van der Waals surface area (Å²) < 4.78 is 5.18. The molecule has 27 heavy (non-hydrogen) atoms. The molecular weight excluding hydrogens is 342 g/mol. The summed E-state index contributed by atoms with van der Waals surface area (Å²) in [6.07, 6.45) is 8.91. The summed E-state index contributed by atoms with van der Waals surface area (Å²) in [5.41, 5.74) is 0.633. The van der Waals surface area contributed by atoms with Crippen LogP contribution in [0.3, 0.4) is 0 Å². The zero-order valence-corrected chi connectivity index (χ0v) is 16.1. The molecule has 4 aliphatic carbocycles. The minimum atomic E-state index is -0.192. The van der Waals surface area contributed by atoms with E-state index in [1.807, 2.05) is 17.9 Å². The average Bonchev–Trinajstić information content (AvgIpc) is 3.26. The van der Waals surface area contributed by atoms with Crippen molar-refractivity contribution in [2.45, 2.75) is 64.3 Å². The van der Waals surface area contributed by atoms with Crippen LogP contribution in [0.25, 0.3) is 0 Å². The lowest BCUT2D eigenvalue weighted by Gasteiger charge is -2.55. The normalized spacial score (nSPS) is 37.0. The molecule has 2 heterocycles. The third-order valence-corrected chi connectivity index (χ3v) is 7.48. The van der Waals surface area contributed by atoms with E-state index < -0.39 is 0 Å². The van der Waals surface area contributed by atoms with Crippen LogP contribution in [0, 0.1) is 30.1 Å². The molecule has 0 spiro atoms. The van der Waals surface area contributed by atoms with Gasteiger partial charge >= 0.3 is 0 Å². The quantitative estimate of drug-likeness (QED) is 0.883. The molecule has 4 saturated carbocycles. The van der Waals surface area contributed by atoms with Gasteiger partial charge in [-0.05, 0) is 76.0 Å². The molecule has 6 nitrogen and oxygen atoms in total. The molecule has 1 aromatic rings. The summed E-state index contributed by atoms with van der Waals surface area (Å²) in [5, 5.41) is 7.12. The molecule has 1 aliphatic heterocycles. The first-order valence-electron chi connectivity index (χ1n) is 10.5. The zero-order chi connectivity index (χ0) is 18.6. The molecule has 5 fully saturated rings. The van der Waals surface area contributed by atoms with E-state index in [1.165, 1.54) is 19.3 Å². The van der Waals surface area contributed by atoms with Crippen LogP contribution in [0.1, 0.15) is 68.9 Å². The highest BCUT2D eigenvalue weighted by Gasteiger charge is 2.54. The molecule has 2 amide bonds. The number of nitrogens with one attached hydrogen (secondary N) is 1. The zero-order valence-electron chi connectivity index (χ0n) is 16.1. The third-order valence-electron chi connectivity index (χ3n) is 7.48. The maximum absolute atomic E-state index is 13.1. The van der Waals surface area contributed by atoms with Crippen molar-refractivity contribution in [2.24, 2.45) is 23.2 Å². The predicted octanol–water partition coefficient (Wildman–Crippen LogP) is 2.98. The molecule has 6 heteroatoms. The number of rotatable bonds is 4. The van der Waals surface area contributed by atoms with E-state index in [0.717, 1.165) is 67.9 Å². The fraction of sp³-hybridized carbons (Fsp3) is 0.762.